The van der Waals surface area contributed by atoms with E-state index in [0.29, 0.717) is 5.56 Å². The Bertz CT molecular complexity index is 1120. The number of thioether (sulfide) groups is 1. The zero-order valence-corrected chi connectivity index (χ0v) is 15.6. The maximum absolute atomic E-state index is 11.7. The van der Waals surface area contributed by atoms with E-state index < -0.39 is 5.91 Å². The fourth-order valence-electron chi connectivity index (χ4n) is 2.97. The summed E-state index contributed by atoms with van der Waals surface area (Å²) in [6.07, 6.45) is 3.38. The van der Waals surface area contributed by atoms with Gasteiger partial charge in [0.05, 0.1) is 17.3 Å². The number of aryl methyl sites for hydroxylation is 1. The Morgan fingerprint density at radius 3 is 2.70 bits per heavy atom. The maximum Gasteiger partial charge on any atom is 0.250 e. The fraction of sp³-hybridized carbons (Fsp3) is 0.0952. The number of rotatable bonds is 5. The lowest BCUT2D eigenvalue weighted by Crippen LogP contribution is -2.11. The molecule has 1 amide bonds. The number of pyridine rings is 1. The molecule has 0 bridgehead atoms. The predicted octanol–water partition coefficient (Wildman–Crippen LogP) is 4.03. The van der Waals surface area contributed by atoms with Gasteiger partial charge in [0.15, 0.2) is 0 Å². The Hall–Kier alpha value is -3.12. The zero-order valence-electron chi connectivity index (χ0n) is 14.8. The van der Waals surface area contributed by atoms with Gasteiger partial charge in [0.2, 0.25) is 5.91 Å². The quantitative estimate of drug-likeness (QED) is 0.535. The van der Waals surface area contributed by atoms with E-state index in [1.807, 2.05) is 54.3 Å². The number of hydrogen-bond acceptors (Lipinski definition) is 4. The van der Waals surface area contributed by atoms with E-state index in [-0.39, 0.29) is 0 Å². The first-order valence-electron chi connectivity index (χ1n) is 8.50. The van der Waals surface area contributed by atoms with Crippen LogP contribution in [0.5, 0.6) is 0 Å². The van der Waals surface area contributed by atoms with Crippen molar-refractivity contribution in [2.75, 3.05) is 0 Å². The summed E-state index contributed by atoms with van der Waals surface area (Å²) in [4.78, 5) is 16.2. The molecule has 2 heterocycles. The van der Waals surface area contributed by atoms with E-state index in [1.165, 1.54) is 5.56 Å². The highest BCUT2D eigenvalue weighted by molar-refractivity contribution is 7.98. The Morgan fingerprint density at radius 2 is 1.93 bits per heavy atom. The average molecular weight is 374 g/mol. The number of nitrogens with two attached hydrogens (primary N) is 1. The van der Waals surface area contributed by atoms with Crippen molar-refractivity contribution in [1.82, 2.24) is 14.8 Å². The highest BCUT2D eigenvalue weighted by atomic mass is 32.2. The second-order valence-electron chi connectivity index (χ2n) is 6.26. The summed E-state index contributed by atoms with van der Waals surface area (Å²) in [5.74, 6) is 0.317. The van der Waals surface area contributed by atoms with Crippen molar-refractivity contribution in [3.8, 4) is 11.1 Å². The number of amides is 1. The van der Waals surface area contributed by atoms with Gasteiger partial charge in [-0.25, -0.2) is 4.98 Å². The van der Waals surface area contributed by atoms with E-state index in [2.05, 4.69) is 28.3 Å². The summed E-state index contributed by atoms with van der Waals surface area (Å²) in [6, 6.07) is 18.2. The molecule has 0 unspecified atom stereocenters. The van der Waals surface area contributed by atoms with Gasteiger partial charge in [-0.3, -0.25) is 9.48 Å². The lowest BCUT2D eigenvalue weighted by Gasteiger charge is -2.10. The number of nitrogens with zero attached hydrogens (tertiary/aromatic N) is 3. The number of primary amides is 1. The SMILES string of the molecule is Cn1ncc2cc(-c3cc(C(N)=O)cnc3SCc3ccccc3)ccc21. The number of benzene rings is 2. The van der Waals surface area contributed by atoms with Crippen molar-refractivity contribution in [2.24, 2.45) is 12.8 Å². The van der Waals surface area contributed by atoms with Gasteiger partial charge in [0.25, 0.3) is 0 Å². The van der Waals surface area contributed by atoms with Gasteiger partial charge < -0.3 is 5.73 Å². The Morgan fingerprint density at radius 1 is 1.11 bits per heavy atom. The van der Waals surface area contributed by atoms with Crippen LogP contribution in [0, 0.1) is 0 Å². The molecular weight excluding hydrogens is 356 g/mol. The molecule has 0 aliphatic rings. The van der Waals surface area contributed by atoms with Gasteiger partial charge in [-0.2, -0.15) is 5.10 Å². The summed E-state index contributed by atoms with van der Waals surface area (Å²) in [5, 5.41) is 6.20. The second kappa shape index (κ2) is 7.25. The first-order valence-corrected chi connectivity index (χ1v) is 9.49. The molecule has 6 heteroatoms. The third-order valence-corrected chi connectivity index (χ3v) is 5.49. The summed E-state index contributed by atoms with van der Waals surface area (Å²) in [7, 11) is 1.92. The topological polar surface area (TPSA) is 73.8 Å². The van der Waals surface area contributed by atoms with Gasteiger partial charge >= 0.3 is 0 Å². The van der Waals surface area contributed by atoms with Crippen LogP contribution in [0.25, 0.3) is 22.0 Å². The van der Waals surface area contributed by atoms with Gasteiger partial charge in [0.1, 0.15) is 5.03 Å². The predicted molar refractivity (Wildman–Crippen MR) is 108 cm³/mol. The molecule has 0 saturated heterocycles. The minimum Gasteiger partial charge on any atom is -0.366 e. The average Bonchev–Trinajstić information content (AvgIpc) is 3.07. The highest BCUT2D eigenvalue weighted by Gasteiger charge is 2.13. The number of hydrogen-bond donors (Lipinski definition) is 1. The van der Waals surface area contributed by atoms with Crippen LogP contribution in [-0.4, -0.2) is 20.7 Å². The molecule has 2 aromatic carbocycles. The Labute approximate surface area is 161 Å². The molecule has 0 spiro atoms. The van der Waals surface area contributed by atoms with Gasteiger partial charge in [-0.15, -0.1) is 11.8 Å². The van der Waals surface area contributed by atoms with Crippen LogP contribution in [0.4, 0.5) is 0 Å². The molecule has 0 aliphatic heterocycles. The van der Waals surface area contributed by atoms with E-state index in [9.17, 15) is 4.79 Å². The summed E-state index contributed by atoms with van der Waals surface area (Å²) in [5.41, 5.74) is 10.0. The van der Waals surface area contributed by atoms with Crippen LogP contribution < -0.4 is 5.73 Å². The highest BCUT2D eigenvalue weighted by Crippen LogP contribution is 2.33. The Balaban J connectivity index is 1.75. The molecule has 0 fully saturated rings. The van der Waals surface area contributed by atoms with Crippen molar-refractivity contribution in [1.29, 1.82) is 0 Å². The Kier molecular flexibility index (Phi) is 4.64. The van der Waals surface area contributed by atoms with Crippen LogP contribution in [0.1, 0.15) is 15.9 Å². The van der Waals surface area contributed by atoms with E-state index >= 15 is 0 Å². The van der Waals surface area contributed by atoms with Crippen LogP contribution in [-0.2, 0) is 12.8 Å². The summed E-state index contributed by atoms with van der Waals surface area (Å²) < 4.78 is 1.84. The van der Waals surface area contributed by atoms with E-state index in [4.69, 9.17) is 5.73 Å². The molecule has 4 rings (SSSR count). The third-order valence-electron chi connectivity index (χ3n) is 4.41. The van der Waals surface area contributed by atoms with Crippen LogP contribution in [0.2, 0.25) is 0 Å². The molecule has 0 saturated carbocycles. The number of carbonyl (C=O) groups is 1. The van der Waals surface area contributed by atoms with E-state index in [0.717, 1.165) is 32.8 Å². The molecule has 2 aromatic heterocycles. The minimum atomic E-state index is -0.481. The fourth-order valence-corrected chi connectivity index (χ4v) is 3.92. The second-order valence-corrected chi connectivity index (χ2v) is 7.22. The van der Waals surface area contributed by atoms with Crippen LogP contribution in [0.3, 0.4) is 0 Å². The van der Waals surface area contributed by atoms with Crippen LogP contribution in [0.15, 0.2) is 72.0 Å². The molecular formula is C21H18N4OS. The molecule has 0 radical (unpaired) electrons. The molecule has 5 nitrogen and oxygen atoms in total. The summed E-state index contributed by atoms with van der Waals surface area (Å²) >= 11 is 1.64. The first-order chi connectivity index (χ1) is 13.1. The molecule has 0 atom stereocenters. The molecule has 27 heavy (non-hydrogen) atoms. The van der Waals surface area contributed by atoms with Gasteiger partial charge in [-0.1, -0.05) is 36.4 Å². The van der Waals surface area contributed by atoms with Gasteiger partial charge in [-0.05, 0) is 29.3 Å². The lowest BCUT2D eigenvalue weighted by atomic mass is 10.0. The normalized spacial score (nSPS) is 11.0. The third kappa shape index (κ3) is 3.57. The van der Waals surface area contributed by atoms with Crippen molar-refractivity contribution < 1.29 is 4.79 Å². The number of fused-ring (bicyclic) bond motifs is 1. The van der Waals surface area contributed by atoms with Gasteiger partial charge in [0, 0.05) is 29.9 Å². The number of carbonyl (C=O) groups excluding carboxylic acids is 1. The lowest BCUT2D eigenvalue weighted by molar-refractivity contribution is 0.1000. The minimum absolute atomic E-state index is 0.403. The van der Waals surface area contributed by atoms with Crippen LogP contribution >= 0.6 is 11.8 Å². The first kappa shape index (κ1) is 17.3. The number of aromatic nitrogens is 3. The maximum atomic E-state index is 11.7. The molecule has 0 aliphatic carbocycles. The summed E-state index contributed by atoms with van der Waals surface area (Å²) in [6.45, 7) is 0. The van der Waals surface area contributed by atoms with Crippen molar-refractivity contribution in [3.05, 3.63) is 78.1 Å². The van der Waals surface area contributed by atoms with Crippen molar-refractivity contribution >= 4 is 28.6 Å². The molecule has 4 aromatic rings. The largest absolute Gasteiger partial charge is 0.366 e. The zero-order chi connectivity index (χ0) is 18.8. The monoisotopic (exact) mass is 374 g/mol. The smallest absolute Gasteiger partial charge is 0.250 e. The molecule has 2 N–H and O–H groups in total. The van der Waals surface area contributed by atoms with Crippen molar-refractivity contribution in [3.63, 3.8) is 0 Å². The van der Waals surface area contributed by atoms with E-state index in [1.54, 1.807) is 18.0 Å². The van der Waals surface area contributed by atoms with Crippen molar-refractivity contribution in [2.45, 2.75) is 10.8 Å². The standard InChI is InChI=1S/C21H18N4OS/c1-25-19-8-7-15(9-16(19)12-24-25)18-10-17(20(22)26)11-23-21(18)27-13-14-5-3-2-4-6-14/h2-12H,13H2,1H3,(H2,22,26). The molecule has 134 valence electrons.